The minimum absolute atomic E-state index is 0.779. The van der Waals surface area contributed by atoms with Crippen molar-refractivity contribution >= 4 is 5.82 Å². The maximum absolute atomic E-state index is 4.23. The Labute approximate surface area is 96.9 Å². The van der Waals surface area contributed by atoms with Crippen LogP contribution in [0.5, 0.6) is 0 Å². The molecule has 0 spiro atoms. The van der Waals surface area contributed by atoms with Crippen LogP contribution in [0.4, 0.5) is 5.82 Å². The Morgan fingerprint density at radius 2 is 2.19 bits per heavy atom. The molecule has 0 unspecified atom stereocenters. The summed E-state index contributed by atoms with van der Waals surface area (Å²) in [5.74, 6) is 1.74. The summed E-state index contributed by atoms with van der Waals surface area (Å²) in [6, 6.07) is 2.04. The zero-order valence-corrected chi connectivity index (χ0v) is 9.87. The number of aromatic nitrogens is 2. The van der Waals surface area contributed by atoms with E-state index in [1.807, 2.05) is 6.07 Å². The van der Waals surface area contributed by atoms with Crippen LogP contribution in [0.25, 0.3) is 0 Å². The zero-order chi connectivity index (χ0) is 11.2. The molecule has 2 N–H and O–H groups in total. The van der Waals surface area contributed by atoms with Crippen LogP contribution in [0, 0.1) is 5.92 Å². The van der Waals surface area contributed by atoms with E-state index in [2.05, 4.69) is 27.5 Å². The van der Waals surface area contributed by atoms with Gasteiger partial charge in [0, 0.05) is 18.3 Å². The number of nitrogens with one attached hydrogen (secondary N) is 2. The predicted molar refractivity (Wildman–Crippen MR) is 65.5 cm³/mol. The lowest BCUT2D eigenvalue weighted by Gasteiger charge is -2.22. The van der Waals surface area contributed by atoms with Crippen molar-refractivity contribution in [2.45, 2.75) is 26.2 Å². The van der Waals surface area contributed by atoms with Gasteiger partial charge in [0.1, 0.15) is 12.1 Å². The number of piperidine rings is 1. The maximum atomic E-state index is 4.23. The average Bonchev–Trinajstić information content (AvgIpc) is 2.38. The van der Waals surface area contributed by atoms with E-state index in [-0.39, 0.29) is 0 Å². The Kier molecular flexibility index (Phi) is 4.10. The first kappa shape index (κ1) is 11.3. The van der Waals surface area contributed by atoms with Crippen molar-refractivity contribution in [2.75, 3.05) is 25.0 Å². The van der Waals surface area contributed by atoms with Gasteiger partial charge in [-0.3, -0.25) is 0 Å². The zero-order valence-electron chi connectivity index (χ0n) is 9.87. The molecular formula is C12H20N4. The summed E-state index contributed by atoms with van der Waals surface area (Å²) < 4.78 is 0. The molecule has 4 heteroatoms. The first-order valence-corrected chi connectivity index (χ1v) is 6.14. The third-order valence-corrected chi connectivity index (χ3v) is 3.12. The Morgan fingerprint density at radius 3 is 2.94 bits per heavy atom. The Morgan fingerprint density at radius 1 is 1.38 bits per heavy atom. The van der Waals surface area contributed by atoms with Gasteiger partial charge in [0.25, 0.3) is 0 Å². The van der Waals surface area contributed by atoms with Crippen LogP contribution >= 0.6 is 0 Å². The van der Waals surface area contributed by atoms with Crippen LogP contribution in [0.3, 0.4) is 0 Å². The second-order valence-electron chi connectivity index (χ2n) is 4.32. The first-order chi connectivity index (χ1) is 7.88. The smallest absolute Gasteiger partial charge is 0.129 e. The molecule has 1 saturated heterocycles. The van der Waals surface area contributed by atoms with Crippen molar-refractivity contribution in [1.82, 2.24) is 15.3 Å². The molecule has 0 bridgehead atoms. The summed E-state index contributed by atoms with van der Waals surface area (Å²) in [5, 5.41) is 6.79. The standard InChI is InChI=1S/C12H20N4/c1-2-11-7-12(16-9-15-11)14-8-10-3-5-13-6-4-10/h7,9-10,13H,2-6,8H2,1H3,(H,14,15,16). The van der Waals surface area contributed by atoms with E-state index in [0.29, 0.717) is 0 Å². The molecule has 1 aromatic rings. The number of hydrogen-bond donors (Lipinski definition) is 2. The predicted octanol–water partition coefficient (Wildman–Crippen LogP) is 1.45. The van der Waals surface area contributed by atoms with Gasteiger partial charge in [0.05, 0.1) is 0 Å². The van der Waals surface area contributed by atoms with Crippen LogP contribution < -0.4 is 10.6 Å². The summed E-state index contributed by atoms with van der Waals surface area (Å²) in [7, 11) is 0. The van der Waals surface area contributed by atoms with Gasteiger partial charge in [0.15, 0.2) is 0 Å². The summed E-state index contributed by atoms with van der Waals surface area (Å²) in [5.41, 5.74) is 1.10. The molecular weight excluding hydrogens is 200 g/mol. The average molecular weight is 220 g/mol. The Bertz CT molecular complexity index is 321. The van der Waals surface area contributed by atoms with Crippen molar-refractivity contribution in [3.05, 3.63) is 18.1 Å². The molecule has 1 aliphatic heterocycles. The van der Waals surface area contributed by atoms with Gasteiger partial charge in [0.2, 0.25) is 0 Å². The lowest BCUT2D eigenvalue weighted by Crippen LogP contribution is -2.31. The van der Waals surface area contributed by atoms with Gasteiger partial charge in [-0.2, -0.15) is 0 Å². The highest BCUT2D eigenvalue weighted by Gasteiger charge is 2.12. The molecule has 0 aromatic carbocycles. The molecule has 1 aliphatic rings. The van der Waals surface area contributed by atoms with E-state index in [0.717, 1.165) is 43.5 Å². The van der Waals surface area contributed by atoms with Crippen LogP contribution in [-0.2, 0) is 6.42 Å². The quantitative estimate of drug-likeness (QED) is 0.806. The second kappa shape index (κ2) is 5.80. The maximum Gasteiger partial charge on any atom is 0.129 e. The molecule has 2 heterocycles. The monoisotopic (exact) mass is 220 g/mol. The van der Waals surface area contributed by atoms with Crippen molar-refractivity contribution in [2.24, 2.45) is 5.92 Å². The number of anilines is 1. The highest BCUT2D eigenvalue weighted by molar-refractivity contribution is 5.34. The van der Waals surface area contributed by atoms with E-state index < -0.39 is 0 Å². The van der Waals surface area contributed by atoms with Crippen LogP contribution in [0.2, 0.25) is 0 Å². The highest BCUT2D eigenvalue weighted by atomic mass is 15.0. The number of rotatable bonds is 4. The Balaban J connectivity index is 1.83. The molecule has 4 nitrogen and oxygen atoms in total. The van der Waals surface area contributed by atoms with E-state index >= 15 is 0 Å². The van der Waals surface area contributed by atoms with Crippen LogP contribution in [0.15, 0.2) is 12.4 Å². The summed E-state index contributed by atoms with van der Waals surface area (Å²) >= 11 is 0. The van der Waals surface area contributed by atoms with Gasteiger partial charge in [-0.25, -0.2) is 9.97 Å². The lowest BCUT2D eigenvalue weighted by atomic mass is 9.98. The molecule has 1 fully saturated rings. The van der Waals surface area contributed by atoms with Crippen molar-refractivity contribution < 1.29 is 0 Å². The largest absolute Gasteiger partial charge is 0.370 e. The molecule has 2 rings (SSSR count). The molecule has 16 heavy (non-hydrogen) atoms. The summed E-state index contributed by atoms with van der Waals surface area (Å²) in [4.78, 5) is 8.43. The first-order valence-electron chi connectivity index (χ1n) is 6.14. The summed E-state index contributed by atoms with van der Waals surface area (Å²) in [6.45, 7) is 5.44. The number of aryl methyl sites for hydroxylation is 1. The molecule has 1 aromatic heterocycles. The number of hydrogen-bond acceptors (Lipinski definition) is 4. The highest BCUT2D eigenvalue weighted by Crippen LogP contribution is 2.13. The fourth-order valence-corrected chi connectivity index (χ4v) is 2.02. The van der Waals surface area contributed by atoms with E-state index in [1.165, 1.54) is 12.8 Å². The minimum Gasteiger partial charge on any atom is -0.370 e. The van der Waals surface area contributed by atoms with E-state index in [4.69, 9.17) is 0 Å². The topological polar surface area (TPSA) is 49.8 Å². The van der Waals surface area contributed by atoms with Crippen LogP contribution in [-0.4, -0.2) is 29.6 Å². The molecule has 0 atom stereocenters. The third kappa shape index (κ3) is 3.17. The second-order valence-corrected chi connectivity index (χ2v) is 4.32. The van der Waals surface area contributed by atoms with Gasteiger partial charge in [-0.1, -0.05) is 6.92 Å². The third-order valence-electron chi connectivity index (χ3n) is 3.12. The van der Waals surface area contributed by atoms with E-state index in [1.54, 1.807) is 6.33 Å². The van der Waals surface area contributed by atoms with Gasteiger partial charge >= 0.3 is 0 Å². The van der Waals surface area contributed by atoms with Crippen molar-refractivity contribution in [1.29, 1.82) is 0 Å². The fraction of sp³-hybridized carbons (Fsp3) is 0.667. The number of nitrogens with zero attached hydrogens (tertiary/aromatic N) is 2. The summed E-state index contributed by atoms with van der Waals surface area (Å²) in [6.07, 6.45) is 5.13. The molecule has 88 valence electrons. The SMILES string of the molecule is CCc1cc(NCC2CCNCC2)ncn1. The molecule has 0 aliphatic carbocycles. The van der Waals surface area contributed by atoms with E-state index in [9.17, 15) is 0 Å². The molecule has 0 amide bonds. The van der Waals surface area contributed by atoms with Crippen molar-refractivity contribution in [3.63, 3.8) is 0 Å². The van der Waals surface area contributed by atoms with Crippen molar-refractivity contribution in [3.8, 4) is 0 Å². The normalized spacial score (nSPS) is 17.3. The van der Waals surface area contributed by atoms with Gasteiger partial charge in [-0.05, 0) is 38.3 Å². The fourth-order valence-electron chi connectivity index (χ4n) is 2.02. The van der Waals surface area contributed by atoms with Crippen LogP contribution in [0.1, 0.15) is 25.5 Å². The van der Waals surface area contributed by atoms with Gasteiger partial charge < -0.3 is 10.6 Å². The minimum atomic E-state index is 0.779. The lowest BCUT2D eigenvalue weighted by molar-refractivity contribution is 0.389. The Hall–Kier alpha value is -1.16. The molecule has 0 saturated carbocycles. The van der Waals surface area contributed by atoms with Gasteiger partial charge in [-0.15, -0.1) is 0 Å². The molecule has 0 radical (unpaired) electrons.